The fourth-order valence-corrected chi connectivity index (χ4v) is 3.78. The quantitative estimate of drug-likeness (QED) is 0.674. The van der Waals surface area contributed by atoms with Crippen LogP contribution in [0.1, 0.15) is 12.8 Å². The van der Waals surface area contributed by atoms with Gasteiger partial charge in [-0.15, -0.1) is 0 Å². The van der Waals surface area contributed by atoms with Crippen molar-refractivity contribution in [3.63, 3.8) is 0 Å². The predicted molar refractivity (Wildman–Crippen MR) is 107 cm³/mol. The average Bonchev–Trinajstić information content (AvgIpc) is 2.67. The fraction of sp³-hybridized carbons (Fsp3) is 0.300. The van der Waals surface area contributed by atoms with Crippen LogP contribution < -0.4 is 15.2 Å². The first-order valence-electron chi connectivity index (χ1n) is 8.91. The number of aromatic amines is 1. The van der Waals surface area contributed by atoms with Gasteiger partial charge in [-0.1, -0.05) is 22.0 Å². The lowest BCUT2D eigenvalue weighted by molar-refractivity contribution is 0.224. The van der Waals surface area contributed by atoms with E-state index in [0.29, 0.717) is 35.0 Å². The molecule has 1 aromatic heterocycles. The maximum absolute atomic E-state index is 14.2. The predicted octanol–water partition coefficient (Wildman–Crippen LogP) is 4.12. The van der Waals surface area contributed by atoms with Crippen molar-refractivity contribution in [2.75, 3.05) is 24.6 Å². The van der Waals surface area contributed by atoms with E-state index in [9.17, 15) is 9.18 Å². The lowest BCUT2D eigenvalue weighted by Gasteiger charge is -2.33. The van der Waals surface area contributed by atoms with Crippen LogP contribution in [0.5, 0.6) is 5.75 Å². The Hall–Kier alpha value is -2.41. The summed E-state index contributed by atoms with van der Waals surface area (Å²) >= 11 is 3.29. The zero-order valence-corrected chi connectivity index (χ0v) is 16.2. The summed E-state index contributed by atoms with van der Waals surface area (Å²) in [5.74, 6) is 0.823. The number of nitrogens with one attached hydrogen (secondary N) is 1. The first kappa shape index (κ1) is 18.0. The number of ether oxygens (including phenoxy) is 1. The van der Waals surface area contributed by atoms with Crippen molar-refractivity contribution in [1.29, 1.82) is 0 Å². The van der Waals surface area contributed by atoms with Crippen molar-refractivity contribution in [2.45, 2.75) is 12.8 Å². The number of rotatable bonds is 4. The lowest BCUT2D eigenvalue weighted by atomic mass is 9.97. The second kappa shape index (κ2) is 7.68. The van der Waals surface area contributed by atoms with E-state index in [1.807, 2.05) is 30.3 Å². The van der Waals surface area contributed by atoms with Crippen molar-refractivity contribution in [2.24, 2.45) is 5.92 Å². The molecule has 0 aliphatic carbocycles. The summed E-state index contributed by atoms with van der Waals surface area (Å²) in [6.45, 7) is 2.15. The Bertz CT molecular complexity index is 1020. The summed E-state index contributed by atoms with van der Waals surface area (Å²) in [5.41, 5.74) is 1.73. The molecule has 0 atom stereocenters. The minimum Gasteiger partial charge on any atom is -0.491 e. The van der Waals surface area contributed by atoms with Gasteiger partial charge < -0.3 is 14.6 Å². The third-order valence-corrected chi connectivity index (χ3v) is 5.41. The molecule has 0 spiro atoms. The number of nitrogens with zero attached hydrogens (tertiary/aromatic N) is 2. The van der Waals surface area contributed by atoms with E-state index >= 15 is 0 Å². The second-order valence-corrected chi connectivity index (χ2v) is 7.65. The molecule has 4 rings (SSSR count). The van der Waals surface area contributed by atoms with Crippen molar-refractivity contribution in [3.8, 4) is 5.75 Å². The third kappa shape index (κ3) is 3.98. The fourth-order valence-electron chi connectivity index (χ4n) is 3.44. The lowest BCUT2D eigenvalue weighted by Crippen LogP contribution is -2.36. The zero-order chi connectivity index (χ0) is 18.8. The van der Waals surface area contributed by atoms with E-state index in [2.05, 4.69) is 30.8 Å². The third-order valence-electron chi connectivity index (χ3n) is 4.91. The number of halogens is 2. The average molecular weight is 432 g/mol. The van der Waals surface area contributed by atoms with Gasteiger partial charge in [0.2, 0.25) is 0 Å². The molecule has 1 N–H and O–H groups in total. The van der Waals surface area contributed by atoms with Crippen LogP contribution in [-0.4, -0.2) is 29.7 Å². The monoisotopic (exact) mass is 431 g/mol. The number of para-hydroxylation sites is 1. The minimum atomic E-state index is -0.247. The Morgan fingerprint density at radius 3 is 2.85 bits per heavy atom. The van der Waals surface area contributed by atoms with Crippen LogP contribution >= 0.6 is 15.9 Å². The maximum Gasteiger partial charge on any atom is 0.266 e. The molecule has 7 heteroatoms. The highest BCUT2D eigenvalue weighted by Crippen LogP contribution is 2.28. The molecule has 1 fully saturated rings. The summed E-state index contributed by atoms with van der Waals surface area (Å²) in [4.78, 5) is 20.5. The van der Waals surface area contributed by atoms with Crippen LogP contribution in [0.3, 0.4) is 0 Å². The highest BCUT2D eigenvalue weighted by molar-refractivity contribution is 9.10. The molecule has 1 saturated heterocycles. The van der Waals surface area contributed by atoms with E-state index in [1.165, 1.54) is 12.3 Å². The van der Waals surface area contributed by atoms with Crippen LogP contribution in [0.15, 0.2) is 51.9 Å². The molecule has 0 amide bonds. The maximum atomic E-state index is 14.2. The Kier molecular flexibility index (Phi) is 5.11. The summed E-state index contributed by atoms with van der Waals surface area (Å²) < 4.78 is 20.9. The van der Waals surface area contributed by atoms with Gasteiger partial charge in [-0.05, 0) is 49.1 Å². The van der Waals surface area contributed by atoms with E-state index in [-0.39, 0.29) is 11.4 Å². The molecule has 1 aliphatic heterocycles. The van der Waals surface area contributed by atoms with Gasteiger partial charge in [0.15, 0.2) is 0 Å². The molecule has 140 valence electrons. The number of piperidine rings is 1. The molecule has 2 heterocycles. The smallest absolute Gasteiger partial charge is 0.266 e. The van der Waals surface area contributed by atoms with Crippen molar-refractivity contribution in [1.82, 2.24) is 9.97 Å². The molecule has 27 heavy (non-hydrogen) atoms. The molecule has 0 radical (unpaired) electrons. The van der Waals surface area contributed by atoms with Crippen LogP contribution in [0, 0.1) is 11.7 Å². The van der Waals surface area contributed by atoms with Gasteiger partial charge in [0.25, 0.3) is 5.56 Å². The number of aromatic nitrogens is 2. The van der Waals surface area contributed by atoms with Gasteiger partial charge in [0.05, 0.1) is 24.0 Å². The Morgan fingerprint density at radius 1 is 1.26 bits per heavy atom. The molecule has 0 unspecified atom stereocenters. The number of fused-ring (bicyclic) bond motifs is 1. The van der Waals surface area contributed by atoms with Crippen LogP contribution in [0.4, 0.5) is 10.1 Å². The van der Waals surface area contributed by atoms with E-state index in [1.54, 1.807) is 0 Å². The van der Waals surface area contributed by atoms with Crippen molar-refractivity contribution >= 4 is 32.7 Å². The van der Waals surface area contributed by atoms with Gasteiger partial charge in [0, 0.05) is 17.6 Å². The molecule has 3 aromatic rings. The van der Waals surface area contributed by atoms with Crippen LogP contribution in [-0.2, 0) is 0 Å². The number of anilines is 1. The van der Waals surface area contributed by atoms with E-state index in [4.69, 9.17) is 4.74 Å². The standard InChI is InChI=1S/C20H19BrFN3O2/c21-14-4-5-17(15(22)10-14)25-8-6-13(7-9-25)12-27-18-3-1-2-16-20(18)24-19(26)11-23-16/h1-5,10-11,13H,6-9,12H2,(H,24,26). The van der Waals surface area contributed by atoms with Gasteiger partial charge in [-0.25, -0.2) is 9.37 Å². The zero-order valence-electron chi connectivity index (χ0n) is 14.6. The number of hydrogen-bond donors (Lipinski definition) is 1. The Labute approximate surface area is 164 Å². The molecule has 0 saturated carbocycles. The highest BCUT2D eigenvalue weighted by Gasteiger charge is 2.22. The highest BCUT2D eigenvalue weighted by atomic mass is 79.9. The van der Waals surface area contributed by atoms with Gasteiger partial charge >= 0.3 is 0 Å². The molecule has 1 aliphatic rings. The number of hydrogen-bond acceptors (Lipinski definition) is 4. The first-order valence-corrected chi connectivity index (χ1v) is 9.70. The van der Waals surface area contributed by atoms with Gasteiger partial charge in [0.1, 0.15) is 17.1 Å². The van der Waals surface area contributed by atoms with E-state index in [0.717, 1.165) is 30.4 Å². The Morgan fingerprint density at radius 2 is 2.07 bits per heavy atom. The van der Waals surface area contributed by atoms with Crippen LogP contribution in [0.2, 0.25) is 0 Å². The van der Waals surface area contributed by atoms with Crippen molar-refractivity contribution in [3.05, 3.63) is 63.2 Å². The molecular formula is C20H19BrFN3O2. The molecule has 5 nitrogen and oxygen atoms in total. The number of benzene rings is 2. The normalized spacial score (nSPS) is 15.3. The second-order valence-electron chi connectivity index (χ2n) is 6.73. The Balaban J connectivity index is 1.39. The molecule has 2 aromatic carbocycles. The summed E-state index contributed by atoms with van der Waals surface area (Å²) in [6, 6.07) is 10.7. The number of H-pyrrole nitrogens is 1. The summed E-state index contributed by atoms with van der Waals surface area (Å²) in [6.07, 6.45) is 3.12. The van der Waals surface area contributed by atoms with E-state index < -0.39 is 0 Å². The minimum absolute atomic E-state index is 0.203. The SMILES string of the molecule is O=c1cnc2cccc(OCC3CCN(c4ccc(Br)cc4F)CC3)c2[nH]1. The van der Waals surface area contributed by atoms with Crippen molar-refractivity contribution < 1.29 is 9.13 Å². The topological polar surface area (TPSA) is 58.2 Å². The van der Waals surface area contributed by atoms with Gasteiger partial charge in [-0.2, -0.15) is 0 Å². The first-order chi connectivity index (χ1) is 13.1. The van der Waals surface area contributed by atoms with Crippen LogP contribution in [0.25, 0.3) is 11.0 Å². The molecular weight excluding hydrogens is 413 g/mol. The summed E-state index contributed by atoms with van der Waals surface area (Å²) in [7, 11) is 0. The molecule has 0 bridgehead atoms. The van der Waals surface area contributed by atoms with Gasteiger partial charge in [-0.3, -0.25) is 4.79 Å². The largest absolute Gasteiger partial charge is 0.491 e. The summed E-state index contributed by atoms with van der Waals surface area (Å²) in [5, 5.41) is 0.